The van der Waals surface area contributed by atoms with E-state index in [2.05, 4.69) is 72.0 Å². The summed E-state index contributed by atoms with van der Waals surface area (Å²) in [6.07, 6.45) is 4.41. The molecule has 1 heterocycles. The first kappa shape index (κ1) is 21.7. The first-order valence-electron chi connectivity index (χ1n) is 10.4. The Bertz CT molecular complexity index is 553. The maximum atomic E-state index is 5.63. The number of aliphatic imine (C=N–C) groups is 1. The first-order chi connectivity index (χ1) is 13.0. The van der Waals surface area contributed by atoms with Gasteiger partial charge in [0.15, 0.2) is 5.96 Å². The highest BCUT2D eigenvalue weighted by atomic mass is 16.5. The monoisotopic (exact) mass is 374 g/mol. The Hall–Kier alpha value is -1.59. The van der Waals surface area contributed by atoms with Gasteiger partial charge in [-0.2, -0.15) is 0 Å². The van der Waals surface area contributed by atoms with Crippen LogP contribution in [0.3, 0.4) is 0 Å². The number of guanidine groups is 1. The SMILES string of the molecule is CN=C(NCCCC(C)C)NCC1(NC(C)c2ccccc2)CCOCC1. The van der Waals surface area contributed by atoms with Gasteiger partial charge in [-0.1, -0.05) is 44.2 Å². The van der Waals surface area contributed by atoms with Gasteiger partial charge in [-0.3, -0.25) is 4.99 Å². The Morgan fingerprint density at radius 1 is 1.11 bits per heavy atom. The Labute approximate surface area is 165 Å². The average Bonchev–Trinajstić information content (AvgIpc) is 2.68. The topological polar surface area (TPSA) is 57.7 Å². The molecule has 152 valence electrons. The van der Waals surface area contributed by atoms with Gasteiger partial charge < -0.3 is 20.7 Å². The zero-order chi connectivity index (χ0) is 19.5. The van der Waals surface area contributed by atoms with E-state index in [0.29, 0.717) is 6.04 Å². The van der Waals surface area contributed by atoms with Gasteiger partial charge in [0, 0.05) is 44.9 Å². The van der Waals surface area contributed by atoms with E-state index in [-0.39, 0.29) is 5.54 Å². The van der Waals surface area contributed by atoms with Gasteiger partial charge in [0.1, 0.15) is 0 Å². The third-order valence-corrected chi connectivity index (χ3v) is 5.34. The summed E-state index contributed by atoms with van der Waals surface area (Å²) in [6, 6.07) is 10.9. The number of benzene rings is 1. The van der Waals surface area contributed by atoms with Crippen molar-refractivity contribution in [1.82, 2.24) is 16.0 Å². The van der Waals surface area contributed by atoms with E-state index in [1.165, 1.54) is 18.4 Å². The molecule has 1 aromatic rings. The molecule has 1 saturated heterocycles. The van der Waals surface area contributed by atoms with E-state index in [9.17, 15) is 0 Å². The molecule has 0 aromatic heterocycles. The molecule has 1 atom stereocenters. The minimum absolute atomic E-state index is 0.0169. The lowest BCUT2D eigenvalue weighted by molar-refractivity contribution is 0.0355. The quantitative estimate of drug-likeness (QED) is 0.352. The molecule has 27 heavy (non-hydrogen) atoms. The maximum Gasteiger partial charge on any atom is 0.191 e. The van der Waals surface area contributed by atoms with Crippen molar-refractivity contribution in [3.05, 3.63) is 35.9 Å². The molecule has 0 saturated carbocycles. The van der Waals surface area contributed by atoms with E-state index in [0.717, 1.165) is 51.0 Å². The number of rotatable bonds is 9. The van der Waals surface area contributed by atoms with Crippen LogP contribution >= 0.6 is 0 Å². The second-order valence-corrected chi connectivity index (χ2v) is 8.06. The second kappa shape index (κ2) is 11.3. The molecule has 2 rings (SSSR count). The highest BCUT2D eigenvalue weighted by molar-refractivity contribution is 5.79. The van der Waals surface area contributed by atoms with Gasteiger partial charge >= 0.3 is 0 Å². The lowest BCUT2D eigenvalue weighted by atomic mass is 9.88. The molecular formula is C22H38N4O. The maximum absolute atomic E-state index is 5.63. The lowest BCUT2D eigenvalue weighted by Crippen LogP contribution is -2.58. The summed E-state index contributed by atoms with van der Waals surface area (Å²) < 4.78 is 5.63. The normalized spacial score (nSPS) is 18.3. The Balaban J connectivity index is 1.91. The Morgan fingerprint density at radius 2 is 1.81 bits per heavy atom. The standard InChI is InChI=1S/C22H38N4O/c1-18(2)9-8-14-24-21(23-4)25-17-22(12-15-27-16-13-22)26-19(3)20-10-6-5-7-11-20/h5-7,10-11,18-19,26H,8-9,12-17H2,1-4H3,(H2,23,24,25). The van der Waals surface area contributed by atoms with Crippen molar-refractivity contribution in [2.45, 2.75) is 58.0 Å². The molecule has 1 aliphatic rings. The summed E-state index contributed by atoms with van der Waals surface area (Å²) in [6.45, 7) is 10.2. The molecule has 1 aromatic carbocycles. The largest absolute Gasteiger partial charge is 0.381 e. The van der Waals surface area contributed by atoms with Crippen molar-refractivity contribution in [2.24, 2.45) is 10.9 Å². The summed E-state index contributed by atoms with van der Waals surface area (Å²) in [4.78, 5) is 4.39. The van der Waals surface area contributed by atoms with E-state index in [1.807, 2.05) is 7.05 Å². The molecule has 3 N–H and O–H groups in total. The molecule has 0 amide bonds. The first-order valence-corrected chi connectivity index (χ1v) is 10.4. The number of nitrogens with one attached hydrogen (secondary N) is 3. The lowest BCUT2D eigenvalue weighted by Gasteiger charge is -2.41. The molecule has 5 nitrogen and oxygen atoms in total. The summed E-state index contributed by atoms with van der Waals surface area (Å²) in [5.74, 6) is 1.63. The van der Waals surface area contributed by atoms with Crippen LogP contribution in [0.1, 0.15) is 58.1 Å². The van der Waals surface area contributed by atoms with Gasteiger partial charge in [-0.25, -0.2) is 0 Å². The van der Waals surface area contributed by atoms with Gasteiger partial charge in [0.25, 0.3) is 0 Å². The molecule has 0 aliphatic carbocycles. The van der Waals surface area contributed by atoms with Crippen LogP contribution in [0.25, 0.3) is 0 Å². The van der Waals surface area contributed by atoms with Crippen molar-refractivity contribution in [3.63, 3.8) is 0 Å². The minimum atomic E-state index is 0.0169. The van der Waals surface area contributed by atoms with Gasteiger partial charge in [0.2, 0.25) is 0 Å². The van der Waals surface area contributed by atoms with Crippen LogP contribution in [0.5, 0.6) is 0 Å². The average molecular weight is 375 g/mol. The van der Waals surface area contributed by atoms with E-state index in [4.69, 9.17) is 4.74 Å². The molecule has 0 radical (unpaired) electrons. The molecular weight excluding hydrogens is 336 g/mol. The predicted molar refractivity (Wildman–Crippen MR) is 114 cm³/mol. The Kier molecular flexibility index (Phi) is 9.08. The van der Waals surface area contributed by atoms with Crippen LogP contribution in [0.2, 0.25) is 0 Å². The fourth-order valence-electron chi connectivity index (χ4n) is 3.61. The van der Waals surface area contributed by atoms with Crippen molar-refractivity contribution in [2.75, 3.05) is 33.4 Å². The molecule has 1 fully saturated rings. The third kappa shape index (κ3) is 7.51. The van der Waals surface area contributed by atoms with Gasteiger partial charge in [0.05, 0.1) is 0 Å². The van der Waals surface area contributed by atoms with E-state index < -0.39 is 0 Å². The van der Waals surface area contributed by atoms with Crippen molar-refractivity contribution in [1.29, 1.82) is 0 Å². The van der Waals surface area contributed by atoms with Crippen molar-refractivity contribution < 1.29 is 4.74 Å². The summed E-state index contributed by atoms with van der Waals surface area (Å²) >= 11 is 0. The molecule has 0 bridgehead atoms. The molecule has 5 heteroatoms. The fourth-order valence-corrected chi connectivity index (χ4v) is 3.61. The van der Waals surface area contributed by atoms with Crippen LogP contribution in [0.15, 0.2) is 35.3 Å². The number of hydrogen-bond donors (Lipinski definition) is 3. The van der Waals surface area contributed by atoms with Crippen LogP contribution < -0.4 is 16.0 Å². The fraction of sp³-hybridized carbons (Fsp3) is 0.682. The highest BCUT2D eigenvalue weighted by Crippen LogP contribution is 2.25. The molecule has 0 spiro atoms. The van der Waals surface area contributed by atoms with E-state index in [1.54, 1.807) is 0 Å². The summed E-state index contributed by atoms with van der Waals surface area (Å²) in [5, 5.41) is 10.9. The third-order valence-electron chi connectivity index (χ3n) is 5.34. The summed E-state index contributed by atoms with van der Waals surface area (Å²) in [7, 11) is 1.84. The Morgan fingerprint density at radius 3 is 2.44 bits per heavy atom. The van der Waals surface area contributed by atoms with Crippen molar-refractivity contribution >= 4 is 5.96 Å². The molecule has 1 unspecified atom stereocenters. The molecule has 1 aliphatic heterocycles. The zero-order valence-corrected chi connectivity index (χ0v) is 17.6. The van der Waals surface area contributed by atoms with Crippen LogP contribution in [-0.2, 0) is 4.74 Å². The van der Waals surface area contributed by atoms with Gasteiger partial charge in [-0.15, -0.1) is 0 Å². The number of hydrogen-bond acceptors (Lipinski definition) is 3. The predicted octanol–water partition coefficient (Wildman–Crippen LogP) is 3.49. The number of ether oxygens (including phenoxy) is 1. The summed E-state index contributed by atoms with van der Waals surface area (Å²) in [5.41, 5.74) is 1.34. The number of nitrogens with zero attached hydrogens (tertiary/aromatic N) is 1. The zero-order valence-electron chi connectivity index (χ0n) is 17.6. The van der Waals surface area contributed by atoms with Crippen LogP contribution in [0, 0.1) is 5.92 Å². The minimum Gasteiger partial charge on any atom is -0.381 e. The van der Waals surface area contributed by atoms with Crippen molar-refractivity contribution in [3.8, 4) is 0 Å². The highest BCUT2D eigenvalue weighted by Gasteiger charge is 2.34. The smallest absolute Gasteiger partial charge is 0.191 e. The van der Waals surface area contributed by atoms with Crippen LogP contribution in [0.4, 0.5) is 0 Å². The second-order valence-electron chi connectivity index (χ2n) is 8.06. The van der Waals surface area contributed by atoms with Crippen LogP contribution in [-0.4, -0.2) is 44.8 Å². The van der Waals surface area contributed by atoms with E-state index >= 15 is 0 Å². The van der Waals surface area contributed by atoms with Gasteiger partial charge in [-0.05, 0) is 44.1 Å².